The van der Waals surface area contributed by atoms with E-state index >= 15 is 0 Å². The number of fused-ring (bicyclic) bond motifs is 1. The molecule has 3 aliphatic carbocycles. The largest absolute Gasteiger partial charge is 0.415 e. The number of ether oxygens (including phenoxy) is 1. The van der Waals surface area contributed by atoms with Gasteiger partial charge in [0.1, 0.15) is 23.3 Å². The van der Waals surface area contributed by atoms with Crippen LogP contribution in [0.15, 0.2) is 12.4 Å². The Labute approximate surface area is 239 Å². The van der Waals surface area contributed by atoms with Gasteiger partial charge < -0.3 is 20.7 Å². The Morgan fingerprint density at radius 1 is 1.29 bits per heavy atom. The molecule has 42 heavy (non-hydrogen) atoms. The van der Waals surface area contributed by atoms with Crippen molar-refractivity contribution in [1.82, 2.24) is 29.9 Å². The Balaban J connectivity index is 1.23. The zero-order valence-electron chi connectivity index (χ0n) is 22.3. The highest BCUT2D eigenvalue weighted by atomic mass is 32.1. The molecule has 11 nitrogen and oxygen atoms in total. The quantitative estimate of drug-likeness (QED) is 0.292. The molecule has 2 saturated carbocycles. The van der Waals surface area contributed by atoms with Crippen LogP contribution >= 0.6 is 11.3 Å². The molecule has 3 aromatic rings. The first-order valence-electron chi connectivity index (χ1n) is 13.4. The van der Waals surface area contributed by atoms with Gasteiger partial charge in [-0.1, -0.05) is 0 Å². The summed E-state index contributed by atoms with van der Waals surface area (Å²) in [4.78, 5) is 27.0. The summed E-state index contributed by atoms with van der Waals surface area (Å²) < 4.78 is 72.9. The number of aryl methyl sites for hydroxylation is 2. The third kappa shape index (κ3) is 5.65. The first kappa shape index (κ1) is 28.4. The Bertz CT molecular complexity index is 1500. The second-order valence-electron chi connectivity index (χ2n) is 10.8. The van der Waals surface area contributed by atoms with E-state index in [1.807, 2.05) is 0 Å². The average molecular weight is 615 g/mol. The number of nitrogens with one attached hydrogen (secondary N) is 3. The van der Waals surface area contributed by atoms with E-state index in [-0.39, 0.29) is 49.2 Å². The van der Waals surface area contributed by atoms with Crippen molar-refractivity contribution in [3.05, 3.63) is 28.4 Å². The molecule has 3 aromatic heterocycles. The maximum Gasteiger partial charge on any atom is 0.388 e. The van der Waals surface area contributed by atoms with Crippen molar-refractivity contribution in [2.75, 3.05) is 17.2 Å². The van der Waals surface area contributed by atoms with Crippen LogP contribution in [0.25, 0.3) is 0 Å². The van der Waals surface area contributed by atoms with Crippen molar-refractivity contribution in [2.24, 2.45) is 18.9 Å². The van der Waals surface area contributed by atoms with Crippen LogP contribution in [0.4, 0.5) is 38.7 Å². The van der Waals surface area contributed by atoms with Crippen LogP contribution in [-0.2, 0) is 24.7 Å². The molecule has 2 fully saturated rings. The van der Waals surface area contributed by atoms with Gasteiger partial charge in [0.25, 0.3) is 11.8 Å². The summed E-state index contributed by atoms with van der Waals surface area (Å²) in [7, 11) is 1.54. The Morgan fingerprint density at radius 3 is 2.74 bits per heavy atom. The number of rotatable bonds is 10. The van der Waals surface area contributed by atoms with E-state index in [1.165, 1.54) is 35.5 Å². The Morgan fingerprint density at radius 2 is 2.05 bits per heavy atom. The van der Waals surface area contributed by atoms with Gasteiger partial charge in [-0.3, -0.25) is 14.2 Å². The molecule has 6 rings (SSSR count). The first-order valence-corrected chi connectivity index (χ1v) is 14.2. The number of aromatic nitrogens is 5. The summed E-state index contributed by atoms with van der Waals surface area (Å²) in [6.07, 6.45) is 1.94. The van der Waals surface area contributed by atoms with Crippen molar-refractivity contribution in [2.45, 2.75) is 63.3 Å². The molecular formula is C25H27F5N8O3S. The molecule has 2 amide bonds. The van der Waals surface area contributed by atoms with Crippen molar-refractivity contribution in [3.63, 3.8) is 0 Å². The zero-order chi connectivity index (χ0) is 29.8. The molecule has 0 radical (unpaired) electrons. The number of amides is 2. The summed E-state index contributed by atoms with van der Waals surface area (Å²) in [6.45, 7) is -3.23. The third-order valence-electron chi connectivity index (χ3n) is 7.89. The second kappa shape index (κ2) is 10.8. The molecule has 0 spiro atoms. The minimum absolute atomic E-state index is 0.118. The van der Waals surface area contributed by atoms with E-state index in [0.717, 1.165) is 4.88 Å². The number of nitrogens with zero attached hydrogens (tertiary/aromatic N) is 5. The minimum Gasteiger partial charge on any atom is -0.415 e. The standard InChI is InChI=1S/C25H27F5N8O3S/c1-37-17(7-18(36-37)41-23(27)28)33-24-35-32-10-38(24)14-2-3-16-15(6-14)19(21(40)31-9-12-8-25(12,29)30)22(42-16)34-20(39)11-4-13(26)5-11/h7,10-14,23H,2-6,8-9H2,1H3,(H,31,40)(H,33,35)(H,34,39)/t11?,12-,13?,14-/m0/s1. The lowest BCUT2D eigenvalue weighted by molar-refractivity contribution is -0.124. The van der Waals surface area contributed by atoms with Gasteiger partial charge in [-0.2, -0.15) is 8.78 Å². The minimum atomic E-state index is -3.03. The molecule has 17 heteroatoms. The van der Waals surface area contributed by atoms with Crippen molar-refractivity contribution in [1.29, 1.82) is 0 Å². The highest BCUT2D eigenvalue weighted by Crippen LogP contribution is 2.48. The number of thiophene rings is 1. The predicted molar refractivity (Wildman–Crippen MR) is 140 cm³/mol. The number of anilines is 3. The summed E-state index contributed by atoms with van der Waals surface area (Å²) in [6, 6.07) is 1.05. The van der Waals surface area contributed by atoms with E-state index in [9.17, 15) is 31.5 Å². The summed E-state index contributed by atoms with van der Waals surface area (Å²) in [5.41, 5.74) is 0.896. The molecular weight excluding hydrogens is 587 g/mol. The highest BCUT2D eigenvalue weighted by Gasteiger charge is 2.56. The number of hydrogen-bond donors (Lipinski definition) is 3. The molecule has 0 bridgehead atoms. The average Bonchev–Trinajstić information content (AvgIpc) is 3.28. The summed E-state index contributed by atoms with van der Waals surface area (Å²) >= 11 is 1.26. The highest BCUT2D eigenvalue weighted by molar-refractivity contribution is 7.17. The van der Waals surface area contributed by atoms with Crippen molar-refractivity contribution >= 4 is 39.9 Å². The van der Waals surface area contributed by atoms with Gasteiger partial charge >= 0.3 is 6.61 Å². The molecule has 0 aliphatic heterocycles. The maximum absolute atomic E-state index is 13.5. The molecule has 3 aliphatic rings. The molecule has 0 aromatic carbocycles. The van der Waals surface area contributed by atoms with Gasteiger partial charge in [0.2, 0.25) is 17.7 Å². The lowest BCUT2D eigenvalue weighted by Gasteiger charge is -2.28. The van der Waals surface area contributed by atoms with Gasteiger partial charge in [-0.05, 0) is 37.7 Å². The number of alkyl halides is 5. The van der Waals surface area contributed by atoms with Gasteiger partial charge in [-0.25, -0.2) is 17.9 Å². The van der Waals surface area contributed by atoms with E-state index in [4.69, 9.17) is 0 Å². The second-order valence-corrected chi connectivity index (χ2v) is 11.9. The van der Waals surface area contributed by atoms with Crippen LogP contribution in [0.5, 0.6) is 5.88 Å². The summed E-state index contributed by atoms with van der Waals surface area (Å²) in [5.74, 6) is -4.81. The zero-order valence-corrected chi connectivity index (χ0v) is 23.1. The van der Waals surface area contributed by atoms with E-state index in [2.05, 4.69) is 36.0 Å². The van der Waals surface area contributed by atoms with E-state index in [0.29, 0.717) is 41.6 Å². The smallest absolute Gasteiger partial charge is 0.388 e. The molecule has 0 saturated heterocycles. The van der Waals surface area contributed by atoms with Crippen molar-refractivity contribution < 1.29 is 36.3 Å². The van der Waals surface area contributed by atoms with Gasteiger partial charge in [0.05, 0.1) is 5.56 Å². The SMILES string of the molecule is Cn1nc(OC(F)F)cc1Nc1nncn1[C@H]1CCc2sc(NC(=O)C3CC(F)C3)c(C(=O)NC[C@@H]3CC3(F)F)c2C1. The fourth-order valence-corrected chi connectivity index (χ4v) is 6.57. The van der Waals surface area contributed by atoms with Crippen molar-refractivity contribution in [3.8, 4) is 5.88 Å². The monoisotopic (exact) mass is 614 g/mol. The fraction of sp³-hybridized carbons (Fsp3) is 0.560. The molecule has 3 heterocycles. The third-order valence-corrected chi connectivity index (χ3v) is 9.10. The van der Waals surface area contributed by atoms with Crippen LogP contribution in [-0.4, -0.2) is 61.6 Å². The van der Waals surface area contributed by atoms with Crippen LogP contribution < -0.4 is 20.7 Å². The lowest BCUT2D eigenvalue weighted by atomic mass is 9.83. The summed E-state index contributed by atoms with van der Waals surface area (Å²) in [5, 5.41) is 20.7. The molecule has 226 valence electrons. The number of hydrogen-bond acceptors (Lipinski definition) is 8. The van der Waals surface area contributed by atoms with Crippen LogP contribution in [0.1, 0.15) is 52.5 Å². The fourth-order valence-electron chi connectivity index (χ4n) is 5.32. The van der Waals surface area contributed by atoms with Crippen LogP contribution in [0.2, 0.25) is 0 Å². The van der Waals surface area contributed by atoms with Gasteiger partial charge in [-0.15, -0.1) is 26.6 Å². The number of carbonyl (C=O) groups is 2. The molecule has 0 unspecified atom stereocenters. The normalized spacial score (nSPS) is 24.1. The molecule has 3 N–H and O–H groups in total. The number of carbonyl (C=O) groups excluding carboxylic acids is 2. The Hall–Kier alpha value is -3.76. The van der Waals surface area contributed by atoms with E-state index < -0.39 is 36.4 Å². The topological polar surface area (TPSA) is 128 Å². The van der Waals surface area contributed by atoms with Gasteiger partial charge in [0.15, 0.2) is 0 Å². The predicted octanol–water partition coefficient (Wildman–Crippen LogP) is 4.22. The first-order chi connectivity index (χ1) is 20.0. The Kier molecular flexibility index (Phi) is 7.31. The van der Waals surface area contributed by atoms with E-state index in [1.54, 1.807) is 4.57 Å². The number of halogens is 5. The van der Waals surface area contributed by atoms with Crippen LogP contribution in [0.3, 0.4) is 0 Å². The lowest BCUT2D eigenvalue weighted by Crippen LogP contribution is -2.36. The maximum atomic E-state index is 13.5. The van der Waals surface area contributed by atoms with Crippen LogP contribution in [0, 0.1) is 11.8 Å². The van der Waals surface area contributed by atoms with Gasteiger partial charge in [0, 0.05) is 48.8 Å². The molecule has 2 atom stereocenters.